The van der Waals surface area contributed by atoms with Gasteiger partial charge in [0, 0.05) is 30.9 Å². The van der Waals surface area contributed by atoms with Gasteiger partial charge < -0.3 is 10.0 Å². The van der Waals surface area contributed by atoms with Crippen molar-refractivity contribution in [2.45, 2.75) is 31.2 Å². The maximum atomic E-state index is 14.0. The van der Waals surface area contributed by atoms with Crippen LogP contribution >= 0.6 is 11.6 Å². The smallest absolute Gasteiger partial charge is 0.338 e. The number of para-hydroxylation sites is 1. The Morgan fingerprint density at radius 3 is 2.46 bits per heavy atom. The lowest BCUT2D eigenvalue weighted by atomic mass is 10.0. The average Bonchev–Trinajstić information content (AvgIpc) is 2.88. The highest BCUT2D eigenvalue weighted by Gasteiger charge is 2.38. The second-order valence-corrected chi connectivity index (χ2v) is 11.4. The van der Waals surface area contributed by atoms with Gasteiger partial charge in [0.05, 0.1) is 16.3 Å². The Morgan fingerprint density at radius 2 is 1.83 bits per heavy atom. The van der Waals surface area contributed by atoms with E-state index in [-0.39, 0.29) is 21.9 Å². The van der Waals surface area contributed by atoms with Gasteiger partial charge >= 0.3 is 5.97 Å². The van der Waals surface area contributed by atoms with Crippen molar-refractivity contribution < 1.29 is 22.7 Å². The molecular formula is C26H26ClFN2O4S. The van der Waals surface area contributed by atoms with Crippen molar-refractivity contribution in [2.75, 3.05) is 18.5 Å². The molecule has 0 saturated heterocycles. The number of hydrogen-bond donors (Lipinski definition) is 1. The van der Waals surface area contributed by atoms with Crippen LogP contribution in [0.2, 0.25) is 5.02 Å². The summed E-state index contributed by atoms with van der Waals surface area (Å²) in [6.45, 7) is 4.53. The fourth-order valence-corrected chi connectivity index (χ4v) is 6.26. The van der Waals surface area contributed by atoms with Crippen molar-refractivity contribution in [1.29, 1.82) is 0 Å². The topological polar surface area (TPSA) is 77.9 Å². The molecule has 3 aromatic carbocycles. The number of benzene rings is 3. The minimum absolute atomic E-state index is 0.0516. The maximum absolute atomic E-state index is 14.0. The number of likely N-dealkylation sites (N-methyl/N-ethyl adjacent to an activating group) is 1. The molecular weight excluding hydrogens is 491 g/mol. The van der Waals surface area contributed by atoms with E-state index in [2.05, 4.69) is 13.8 Å². The molecule has 0 bridgehead atoms. The summed E-state index contributed by atoms with van der Waals surface area (Å²) >= 11 is 6.65. The summed E-state index contributed by atoms with van der Waals surface area (Å²) in [6, 6.07) is 15.8. The van der Waals surface area contributed by atoms with E-state index in [1.54, 1.807) is 13.1 Å². The van der Waals surface area contributed by atoms with Crippen molar-refractivity contribution in [2.24, 2.45) is 5.92 Å². The molecule has 9 heteroatoms. The molecule has 0 amide bonds. The van der Waals surface area contributed by atoms with E-state index in [0.717, 1.165) is 17.8 Å². The van der Waals surface area contributed by atoms with Crippen molar-refractivity contribution in [1.82, 2.24) is 4.31 Å². The molecule has 0 aliphatic carbocycles. The van der Waals surface area contributed by atoms with Gasteiger partial charge in [-0.15, -0.1) is 0 Å². The van der Waals surface area contributed by atoms with Gasteiger partial charge in [0.25, 0.3) is 0 Å². The predicted molar refractivity (Wildman–Crippen MR) is 135 cm³/mol. The van der Waals surface area contributed by atoms with E-state index in [9.17, 15) is 22.7 Å². The van der Waals surface area contributed by atoms with Crippen LogP contribution in [0.25, 0.3) is 11.1 Å². The van der Waals surface area contributed by atoms with Crippen molar-refractivity contribution in [3.05, 3.63) is 77.1 Å². The van der Waals surface area contributed by atoms with Crippen LogP contribution < -0.4 is 4.90 Å². The fraction of sp³-hybridized carbons (Fsp3) is 0.269. The maximum Gasteiger partial charge on any atom is 0.338 e. The minimum Gasteiger partial charge on any atom is -0.478 e. The van der Waals surface area contributed by atoms with Gasteiger partial charge in [0.2, 0.25) is 10.0 Å². The van der Waals surface area contributed by atoms with E-state index < -0.39 is 27.4 Å². The molecule has 184 valence electrons. The van der Waals surface area contributed by atoms with Gasteiger partial charge in [-0.05, 0) is 54.3 Å². The number of sulfonamides is 1. The minimum atomic E-state index is -3.93. The van der Waals surface area contributed by atoms with Gasteiger partial charge in [-0.25, -0.2) is 17.6 Å². The zero-order chi connectivity index (χ0) is 25.5. The lowest BCUT2D eigenvalue weighted by molar-refractivity contribution is 0.0692. The number of carboxylic acids is 1. The molecule has 0 fully saturated rings. The molecule has 1 N–H and O–H groups in total. The molecule has 1 aliphatic heterocycles. The first-order valence-corrected chi connectivity index (χ1v) is 13.0. The monoisotopic (exact) mass is 516 g/mol. The molecule has 1 aliphatic rings. The van der Waals surface area contributed by atoms with Gasteiger partial charge in [-0.2, -0.15) is 4.31 Å². The third kappa shape index (κ3) is 4.78. The zero-order valence-corrected chi connectivity index (χ0v) is 21.1. The Balaban J connectivity index is 1.97. The third-order valence-electron chi connectivity index (χ3n) is 6.22. The first-order chi connectivity index (χ1) is 16.5. The number of carboxylic acid groups (broad SMARTS) is 1. The molecule has 0 aromatic heterocycles. The van der Waals surface area contributed by atoms with E-state index >= 15 is 0 Å². The summed E-state index contributed by atoms with van der Waals surface area (Å²) < 4.78 is 43.0. The van der Waals surface area contributed by atoms with Crippen LogP contribution in [-0.4, -0.2) is 43.4 Å². The molecule has 0 spiro atoms. The van der Waals surface area contributed by atoms with E-state index in [4.69, 9.17) is 11.6 Å². The standard InChI is InChI=1S/C26H26ClFN2O4S/c1-16(2)11-19-15-30(18-7-5-4-6-8-18)24-14-22(27)20(13-25(24)35(33,34)29(19)3)17-9-10-23(28)21(12-17)26(31)32/h4-10,12-14,16,19H,11,15H2,1-3H3,(H,31,32)/t19-/m1/s1. The lowest BCUT2D eigenvalue weighted by Crippen LogP contribution is -2.41. The normalized spacial score (nSPS) is 17.8. The molecule has 0 unspecified atom stereocenters. The summed E-state index contributed by atoms with van der Waals surface area (Å²) in [5.74, 6) is -2.04. The van der Waals surface area contributed by atoms with Crippen LogP contribution in [0.5, 0.6) is 0 Å². The number of fused-ring (bicyclic) bond motifs is 1. The van der Waals surface area contributed by atoms with Gasteiger partial charge in [-0.3, -0.25) is 0 Å². The molecule has 4 rings (SSSR count). The quantitative estimate of drug-likeness (QED) is 0.448. The fourth-order valence-electron chi connectivity index (χ4n) is 4.43. The first kappa shape index (κ1) is 25.2. The molecule has 3 aromatic rings. The summed E-state index contributed by atoms with van der Waals surface area (Å²) in [6.07, 6.45) is 0.660. The largest absolute Gasteiger partial charge is 0.478 e. The Hall–Kier alpha value is -2.94. The molecule has 35 heavy (non-hydrogen) atoms. The highest BCUT2D eigenvalue weighted by Crippen LogP contribution is 2.43. The molecule has 1 heterocycles. The number of rotatable bonds is 5. The van der Waals surface area contributed by atoms with Gasteiger partial charge in [0.1, 0.15) is 10.7 Å². The van der Waals surface area contributed by atoms with Gasteiger partial charge in [0.15, 0.2) is 0 Å². The lowest BCUT2D eigenvalue weighted by Gasteiger charge is -2.30. The summed E-state index contributed by atoms with van der Waals surface area (Å²) in [5, 5.41) is 9.56. The van der Waals surface area contributed by atoms with Crippen molar-refractivity contribution in [3.63, 3.8) is 0 Å². The number of nitrogens with zero attached hydrogens (tertiary/aromatic N) is 2. The Morgan fingerprint density at radius 1 is 1.14 bits per heavy atom. The van der Waals surface area contributed by atoms with Crippen molar-refractivity contribution >= 4 is 39.0 Å². The van der Waals surface area contributed by atoms with E-state index in [0.29, 0.717) is 29.8 Å². The Bertz CT molecular complexity index is 1380. The van der Waals surface area contributed by atoms with Crippen LogP contribution in [0, 0.1) is 11.7 Å². The number of carbonyl (C=O) groups is 1. The highest BCUT2D eigenvalue weighted by atomic mass is 35.5. The molecule has 0 saturated carbocycles. The average molecular weight is 517 g/mol. The van der Waals surface area contributed by atoms with Gasteiger partial charge in [-0.1, -0.05) is 49.7 Å². The number of halogens is 2. The van der Waals surface area contributed by atoms with Crippen LogP contribution in [0.3, 0.4) is 0 Å². The SMILES string of the molecule is CC(C)C[C@@H]1CN(c2ccccc2)c2cc(Cl)c(-c3ccc(F)c(C(=O)O)c3)cc2S(=O)(=O)N1C. The number of aromatic carboxylic acids is 1. The third-order valence-corrected chi connectivity index (χ3v) is 8.48. The first-order valence-electron chi connectivity index (χ1n) is 11.2. The highest BCUT2D eigenvalue weighted by molar-refractivity contribution is 7.89. The summed E-state index contributed by atoms with van der Waals surface area (Å²) in [5.41, 5.74) is 1.36. The summed E-state index contributed by atoms with van der Waals surface area (Å²) in [4.78, 5) is 13.5. The molecule has 6 nitrogen and oxygen atoms in total. The number of anilines is 2. The summed E-state index contributed by atoms with van der Waals surface area (Å²) in [7, 11) is -2.35. The van der Waals surface area contributed by atoms with Crippen LogP contribution in [0.15, 0.2) is 65.6 Å². The second-order valence-electron chi connectivity index (χ2n) is 9.05. The predicted octanol–water partition coefficient (Wildman–Crippen LogP) is 6.03. The second kappa shape index (κ2) is 9.60. The Labute approximate surface area is 209 Å². The number of hydrogen-bond acceptors (Lipinski definition) is 4. The van der Waals surface area contributed by atoms with E-state index in [1.165, 1.54) is 16.4 Å². The molecule has 1 atom stereocenters. The van der Waals surface area contributed by atoms with Crippen LogP contribution in [0.4, 0.5) is 15.8 Å². The zero-order valence-electron chi connectivity index (χ0n) is 19.6. The molecule has 0 radical (unpaired) electrons. The Kier molecular flexibility index (Phi) is 6.90. The van der Waals surface area contributed by atoms with E-state index in [1.807, 2.05) is 35.2 Å². The van der Waals surface area contributed by atoms with Crippen LogP contribution in [0.1, 0.15) is 30.6 Å². The van der Waals surface area contributed by atoms with Crippen molar-refractivity contribution in [3.8, 4) is 11.1 Å². The van der Waals surface area contributed by atoms with Crippen LogP contribution in [-0.2, 0) is 10.0 Å².